The third-order valence-corrected chi connectivity index (χ3v) is 5.30. The number of ether oxygens (including phenoxy) is 4. The zero-order valence-corrected chi connectivity index (χ0v) is 23.1. The normalized spacial score (nSPS) is 11.4. The average molecular weight is 572 g/mol. The van der Waals surface area contributed by atoms with Gasteiger partial charge in [0.25, 0.3) is 0 Å². The van der Waals surface area contributed by atoms with Gasteiger partial charge < -0.3 is 29.6 Å². The van der Waals surface area contributed by atoms with Gasteiger partial charge in [-0.25, -0.2) is 0 Å². The van der Waals surface area contributed by atoms with Crippen LogP contribution in [0.15, 0.2) is 41.4 Å². The predicted molar refractivity (Wildman–Crippen MR) is 145 cm³/mol. The number of nitrogens with zero attached hydrogens (tertiary/aromatic N) is 1. The summed E-state index contributed by atoms with van der Waals surface area (Å²) in [5.41, 5.74) is 3.20. The molecule has 2 aromatic carbocycles. The van der Waals surface area contributed by atoms with Crippen LogP contribution in [-0.2, 0) is 16.7 Å². The van der Waals surface area contributed by atoms with Crippen LogP contribution in [0.3, 0.4) is 0 Å². The maximum Gasteiger partial charge on any atom is 0.191 e. The molecule has 8 heteroatoms. The molecule has 0 aromatic heterocycles. The van der Waals surface area contributed by atoms with Crippen molar-refractivity contribution in [1.29, 1.82) is 0 Å². The van der Waals surface area contributed by atoms with Crippen LogP contribution in [0.4, 0.5) is 0 Å². The van der Waals surface area contributed by atoms with E-state index in [-0.39, 0.29) is 29.4 Å². The molecule has 0 amide bonds. The van der Waals surface area contributed by atoms with Crippen LogP contribution >= 0.6 is 24.0 Å². The summed E-state index contributed by atoms with van der Waals surface area (Å²) in [7, 11) is 6.73. The Morgan fingerprint density at radius 3 is 2.27 bits per heavy atom. The third kappa shape index (κ3) is 8.58. The quantitative estimate of drug-likeness (QED) is 0.182. The predicted octanol–water partition coefficient (Wildman–Crippen LogP) is 4.30. The highest BCUT2D eigenvalue weighted by Crippen LogP contribution is 2.32. The Kier molecular flexibility index (Phi) is 12.4. The minimum absolute atomic E-state index is 0. The lowest BCUT2D eigenvalue weighted by atomic mass is 9.84. The van der Waals surface area contributed by atoms with Gasteiger partial charge in [-0.15, -0.1) is 24.0 Å². The molecule has 0 spiro atoms. The van der Waals surface area contributed by atoms with Gasteiger partial charge in [0.15, 0.2) is 17.5 Å². The Balaban J connectivity index is 0.00000544. The van der Waals surface area contributed by atoms with Crippen LogP contribution in [0.25, 0.3) is 0 Å². The number of benzene rings is 2. The second-order valence-corrected chi connectivity index (χ2v) is 8.19. The van der Waals surface area contributed by atoms with Crippen molar-refractivity contribution < 1.29 is 18.9 Å². The Bertz CT molecular complexity index is 903. The first kappa shape index (κ1) is 28.8. The molecule has 0 aliphatic carbocycles. The molecule has 0 heterocycles. The summed E-state index contributed by atoms with van der Waals surface area (Å²) >= 11 is 0. The van der Waals surface area contributed by atoms with E-state index in [1.165, 1.54) is 0 Å². The number of hydrogen-bond donors (Lipinski definition) is 2. The first-order valence-corrected chi connectivity index (χ1v) is 10.7. The van der Waals surface area contributed by atoms with Crippen molar-refractivity contribution in [1.82, 2.24) is 10.6 Å². The van der Waals surface area contributed by atoms with Crippen molar-refractivity contribution in [2.45, 2.75) is 32.7 Å². The minimum Gasteiger partial charge on any atom is -0.493 e. The van der Waals surface area contributed by atoms with Crippen molar-refractivity contribution in [2.24, 2.45) is 4.99 Å². The number of aliphatic imine (C=N–C) groups is 1. The molecule has 0 fully saturated rings. The molecular weight excluding hydrogens is 533 g/mol. The molecule has 0 radical (unpaired) electrons. The van der Waals surface area contributed by atoms with Gasteiger partial charge in [-0.2, -0.15) is 0 Å². The first-order chi connectivity index (χ1) is 15.3. The SMILES string of the molecule is CN=C(NCc1ccc(C)cc1OCCOC)NCC(C)(C)c1ccc(OC)c(OC)c1.I. The molecule has 0 unspecified atom stereocenters. The van der Waals surface area contributed by atoms with Gasteiger partial charge in [0, 0.05) is 38.2 Å². The lowest BCUT2D eigenvalue weighted by Crippen LogP contribution is -2.43. The van der Waals surface area contributed by atoms with Crippen LogP contribution < -0.4 is 24.8 Å². The number of hydrogen-bond acceptors (Lipinski definition) is 5. The Morgan fingerprint density at radius 1 is 0.909 bits per heavy atom. The largest absolute Gasteiger partial charge is 0.493 e. The van der Waals surface area contributed by atoms with Crippen LogP contribution in [0.1, 0.15) is 30.5 Å². The van der Waals surface area contributed by atoms with Gasteiger partial charge in [0.1, 0.15) is 12.4 Å². The number of rotatable bonds is 11. The summed E-state index contributed by atoms with van der Waals surface area (Å²) in [6, 6.07) is 12.2. The van der Waals surface area contributed by atoms with E-state index in [4.69, 9.17) is 18.9 Å². The molecule has 0 aliphatic rings. The third-order valence-electron chi connectivity index (χ3n) is 5.30. The molecule has 0 saturated carbocycles. The van der Waals surface area contributed by atoms with Gasteiger partial charge in [-0.05, 0) is 36.2 Å². The molecule has 2 N–H and O–H groups in total. The van der Waals surface area contributed by atoms with E-state index >= 15 is 0 Å². The smallest absolute Gasteiger partial charge is 0.191 e. The zero-order chi connectivity index (χ0) is 23.6. The number of methoxy groups -OCH3 is 3. The second-order valence-electron chi connectivity index (χ2n) is 8.19. The zero-order valence-electron chi connectivity index (χ0n) is 20.8. The highest BCUT2D eigenvalue weighted by molar-refractivity contribution is 14.0. The molecule has 7 nitrogen and oxygen atoms in total. The van der Waals surface area contributed by atoms with Gasteiger partial charge in [-0.1, -0.05) is 32.0 Å². The topological polar surface area (TPSA) is 73.3 Å². The molecule has 2 aromatic rings. The Morgan fingerprint density at radius 2 is 1.64 bits per heavy atom. The van der Waals surface area contributed by atoms with Gasteiger partial charge in [-0.3, -0.25) is 4.99 Å². The highest BCUT2D eigenvalue weighted by atomic mass is 127. The second kappa shape index (κ2) is 14.1. The van der Waals surface area contributed by atoms with E-state index in [0.29, 0.717) is 26.3 Å². The average Bonchev–Trinajstić information content (AvgIpc) is 2.79. The molecule has 0 aliphatic heterocycles. The summed E-state index contributed by atoms with van der Waals surface area (Å²) in [6.45, 7) is 8.75. The number of aryl methyl sites for hydroxylation is 1. The van der Waals surface area contributed by atoms with Crippen molar-refractivity contribution >= 4 is 29.9 Å². The van der Waals surface area contributed by atoms with Crippen molar-refractivity contribution in [3.63, 3.8) is 0 Å². The highest BCUT2D eigenvalue weighted by Gasteiger charge is 2.23. The molecule has 33 heavy (non-hydrogen) atoms. The minimum atomic E-state index is -0.157. The number of nitrogens with one attached hydrogen (secondary N) is 2. The van der Waals surface area contributed by atoms with Crippen LogP contribution in [0.5, 0.6) is 17.2 Å². The summed E-state index contributed by atoms with van der Waals surface area (Å²) in [4.78, 5) is 4.37. The summed E-state index contributed by atoms with van der Waals surface area (Å²) in [5.74, 6) is 3.03. The van der Waals surface area contributed by atoms with E-state index in [9.17, 15) is 0 Å². The van der Waals surface area contributed by atoms with Crippen molar-refractivity contribution in [3.8, 4) is 17.2 Å². The molecular formula is C25H38IN3O4. The fourth-order valence-corrected chi connectivity index (χ4v) is 3.24. The fraction of sp³-hybridized carbons (Fsp3) is 0.480. The van der Waals surface area contributed by atoms with E-state index in [2.05, 4.69) is 54.6 Å². The van der Waals surface area contributed by atoms with Crippen molar-refractivity contribution in [2.75, 3.05) is 48.1 Å². The van der Waals surface area contributed by atoms with Gasteiger partial charge in [0.2, 0.25) is 0 Å². The van der Waals surface area contributed by atoms with E-state index < -0.39 is 0 Å². The van der Waals surface area contributed by atoms with Gasteiger partial charge in [0.05, 0.1) is 20.8 Å². The molecule has 2 rings (SSSR count). The maximum atomic E-state index is 5.89. The molecule has 184 valence electrons. The van der Waals surface area contributed by atoms with E-state index in [1.54, 1.807) is 28.4 Å². The monoisotopic (exact) mass is 571 g/mol. The standard InChI is InChI=1S/C25H37N3O4.HI/c1-18-8-9-19(22(14-18)32-13-12-29-5)16-27-24(26-4)28-17-25(2,3)20-10-11-21(30-6)23(15-20)31-7;/h8-11,14-15H,12-13,16-17H2,1-7H3,(H2,26,27,28);1H. The Labute approximate surface area is 215 Å². The maximum absolute atomic E-state index is 5.89. The molecule has 0 saturated heterocycles. The van der Waals surface area contributed by atoms with E-state index in [0.717, 1.165) is 39.9 Å². The fourth-order valence-electron chi connectivity index (χ4n) is 3.24. The Hall–Kier alpha value is -2.20. The van der Waals surface area contributed by atoms with Crippen LogP contribution in [-0.4, -0.2) is 54.1 Å². The summed E-state index contributed by atoms with van der Waals surface area (Å²) in [6.07, 6.45) is 0. The lowest BCUT2D eigenvalue weighted by molar-refractivity contribution is 0.145. The molecule has 0 bridgehead atoms. The number of halogens is 1. The van der Waals surface area contributed by atoms with Crippen LogP contribution in [0, 0.1) is 6.92 Å². The first-order valence-electron chi connectivity index (χ1n) is 10.7. The van der Waals surface area contributed by atoms with Crippen molar-refractivity contribution in [3.05, 3.63) is 53.1 Å². The summed E-state index contributed by atoms with van der Waals surface area (Å²) in [5, 5.41) is 6.82. The van der Waals surface area contributed by atoms with Crippen LogP contribution in [0.2, 0.25) is 0 Å². The molecule has 0 atom stereocenters. The summed E-state index contributed by atoms with van der Waals surface area (Å²) < 4.78 is 21.8. The van der Waals surface area contributed by atoms with E-state index in [1.807, 2.05) is 18.2 Å². The lowest BCUT2D eigenvalue weighted by Gasteiger charge is -2.27. The van der Waals surface area contributed by atoms with Gasteiger partial charge >= 0.3 is 0 Å². The number of guanidine groups is 1.